The number of nitrogen functional groups attached to an aromatic ring is 1. The minimum atomic E-state index is -0.314. The number of likely N-dealkylation sites (N-methyl/N-ethyl adjacent to an activating group) is 1. The van der Waals surface area contributed by atoms with Crippen LogP contribution in [-0.4, -0.2) is 79.7 Å². The molecule has 0 saturated carbocycles. The van der Waals surface area contributed by atoms with Gasteiger partial charge < -0.3 is 30.7 Å². The lowest BCUT2D eigenvalue weighted by Crippen LogP contribution is -2.49. The Kier molecular flexibility index (Phi) is 9.52. The second-order valence-corrected chi connectivity index (χ2v) is 11.1. The maximum Gasteiger partial charge on any atom is 0.258 e. The highest BCUT2D eigenvalue weighted by Gasteiger charge is 2.34. The lowest BCUT2D eigenvalue weighted by atomic mass is 9.98. The summed E-state index contributed by atoms with van der Waals surface area (Å²) in [5.41, 5.74) is 10.00. The minimum Gasteiger partial charge on any atom is -0.486 e. The second-order valence-electron chi connectivity index (χ2n) is 11.1. The van der Waals surface area contributed by atoms with Gasteiger partial charge in [-0.1, -0.05) is 37.3 Å². The van der Waals surface area contributed by atoms with Crippen molar-refractivity contribution in [1.29, 1.82) is 0 Å². The molecule has 218 valence electrons. The number of hydrogen-bond acceptors (Lipinski definition) is 7. The number of nitrogens with zero attached hydrogens (tertiary/aromatic N) is 3. The highest BCUT2D eigenvalue weighted by atomic mass is 16.5. The van der Waals surface area contributed by atoms with Gasteiger partial charge >= 0.3 is 0 Å². The molecule has 0 saturated heterocycles. The summed E-state index contributed by atoms with van der Waals surface area (Å²) in [6.45, 7) is 5.58. The Morgan fingerprint density at radius 1 is 1.10 bits per heavy atom. The summed E-state index contributed by atoms with van der Waals surface area (Å²) < 4.78 is 6.64. The zero-order chi connectivity index (χ0) is 29.7. The number of rotatable bonds is 9. The Labute approximate surface area is 242 Å². The van der Waals surface area contributed by atoms with Crippen LogP contribution in [0.1, 0.15) is 40.1 Å². The molecule has 0 radical (unpaired) electrons. The third kappa shape index (κ3) is 6.99. The third-order valence-corrected chi connectivity index (χ3v) is 7.52. The summed E-state index contributed by atoms with van der Waals surface area (Å²) >= 11 is 0. The lowest BCUT2D eigenvalue weighted by Gasteiger charge is -2.39. The molecule has 9 nitrogen and oxygen atoms in total. The molecular formula is C32H41N5O4. The van der Waals surface area contributed by atoms with Gasteiger partial charge in [0.2, 0.25) is 0 Å². The Morgan fingerprint density at radius 2 is 1.80 bits per heavy atom. The van der Waals surface area contributed by atoms with Crippen molar-refractivity contribution < 1.29 is 19.4 Å². The molecule has 0 aliphatic carbocycles. The number of carbonyl (C=O) groups is 2. The first kappa shape index (κ1) is 29.9. The first-order valence-corrected chi connectivity index (χ1v) is 13.9. The van der Waals surface area contributed by atoms with Crippen molar-refractivity contribution in [2.45, 2.75) is 32.5 Å². The fourth-order valence-electron chi connectivity index (χ4n) is 5.05. The smallest absolute Gasteiger partial charge is 0.258 e. The van der Waals surface area contributed by atoms with Crippen molar-refractivity contribution in [2.75, 3.05) is 56.8 Å². The van der Waals surface area contributed by atoms with Gasteiger partial charge in [0.1, 0.15) is 6.10 Å². The van der Waals surface area contributed by atoms with Gasteiger partial charge in [0.05, 0.1) is 35.3 Å². The first-order valence-electron chi connectivity index (χ1n) is 13.9. The van der Waals surface area contributed by atoms with Crippen LogP contribution in [0.3, 0.4) is 0 Å². The molecule has 1 aliphatic rings. The summed E-state index contributed by atoms with van der Waals surface area (Å²) in [5, 5.41) is 12.7. The number of hydrogen-bond donors (Lipinski definition) is 3. The molecule has 0 unspecified atom stereocenters. The fraction of sp³-hybridized carbons (Fsp3) is 0.375. The van der Waals surface area contributed by atoms with Crippen LogP contribution in [0, 0.1) is 5.92 Å². The number of aliphatic hydroxyl groups excluding tert-OH is 1. The molecule has 2 amide bonds. The summed E-state index contributed by atoms with van der Waals surface area (Å²) in [6.07, 6.45) is -0.206. The van der Waals surface area contributed by atoms with Crippen molar-refractivity contribution in [1.82, 2.24) is 9.80 Å². The van der Waals surface area contributed by atoms with Gasteiger partial charge in [0, 0.05) is 45.2 Å². The number of aliphatic hydroxyl groups is 1. The average Bonchev–Trinajstić information content (AvgIpc) is 2.95. The Balaban J connectivity index is 1.49. The van der Waals surface area contributed by atoms with Crippen molar-refractivity contribution in [3.63, 3.8) is 0 Å². The number of benzene rings is 3. The van der Waals surface area contributed by atoms with Crippen molar-refractivity contribution in [2.24, 2.45) is 5.92 Å². The highest BCUT2D eigenvalue weighted by Crippen LogP contribution is 2.36. The van der Waals surface area contributed by atoms with Gasteiger partial charge in [-0.2, -0.15) is 0 Å². The normalized spacial score (nSPS) is 17.7. The van der Waals surface area contributed by atoms with E-state index in [1.54, 1.807) is 23.1 Å². The van der Waals surface area contributed by atoms with Crippen LogP contribution in [0.25, 0.3) is 0 Å². The number of carbonyl (C=O) groups excluding carboxylic acids is 2. The molecular weight excluding hydrogens is 518 g/mol. The standard InChI is InChI=1S/C32H41N5O4/c1-21-17-37(22(2)20-38)32(40)25-9-8-12-28(35(3)4)30(25)41-29(21)19-36(5)18-23-13-15-24(16-14-23)31(39)34-27-11-7-6-10-26(27)33/h6-16,21-22,29,38H,17-20,33H2,1-5H3,(H,34,39)/t21-,22+,29+/m1/s1. The monoisotopic (exact) mass is 559 g/mol. The number of nitrogens with one attached hydrogen (secondary N) is 1. The van der Waals surface area contributed by atoms with Crippen molar-refractivity contribution in [3.05, 3.63) is 83.4 Å². The number of amides is 2. The van der Waals surface area contributed by atoms with Gasteiger partial charge in [0.25, 0.3) is 11.8 Å². The van der Waals surface area contributed by atoms with Gasteiger partial charge in [-0.3, -0.25) is 14.5 Å². The van der Waals surface area contributed by atoms with E-state index in [2.05, 4.69) is 17.1 Å². The molecule has 1 heterocycles. The lowest BCUT2D eigenvalue weighted by molar-refractivity contribution is 0.0343. The fourth-order valence-corrected chi connectivity index (χ4v) is 5.05. The van der Waals surface area contributed by atoms with Crippen LogP contribution in [0.5, 0.6) is 5.75 Å². The van der Waals surface area contributed by atoms with E-state index in [1.807, 2.05) is 81.5 Å². The molecule has 41 heavy (non-hydrogen) atoms. The number of para-hydroxylation sites is 3. The molecule has 3 aromatic carbocycles. The third-order valence-electron chi connectivity index (χ3n) is 7.52. The predicted molar refractivity (Wildman–Crippen MR) is 164 cm³/mol. The van der Waals surface area contributed by atoms with Gasteiger partial charge in [-0.15, -0.1) is 0 Å². The maximum atomic E-state index is 13.5. The molecule has 0 aromatic heterocycles. The van der Waals surface area contributed by atoms with Crippen LogP contribution in [0.2, 0.25) is 0 Å². The summed E-state index contributed by atoms with van der Waals surface area (Å²) in [5.74, 6) is 0.223. The molecule has 3 aromatic rings. The zero-order valence-electron chi connectivity index (χ0n) is 24.5. The first-order chi connectivity index (χ1) is 19.6. The predicted octanol–water partition coefficient (Wildman–Crippen LogP) is 3.94. The van der Waals surface area contributed by atoms with E-state index in [0.29, 0.717) is 47.9 Å². The van der Waals surface area contributed by atoms with Crippen LogP contribution in [0.15, 0.2) is 66.7 Å². The summed E-state index contributed by atoms with van der Waals surface area (Å²) in [7, 11) is 5.89. The van der Waals surface area contributed by atoms with Crippen LogP contribution < -0.4 is 20.7 Å². The number of ether oxygens (including phenoxy) is 1. The van der Waals surface area contributed by atoms with Crippen molar-refractivity contribution >= 4 is 28.9 Å². The quantitative estimate of drug-likeness (QED) is 0.341. The topological polar surface area (TPSA) is 111 Å². The molecule has 4 rings (SSSR count). The minimum absolute atomic E-state index is 0.00950. The summed E-state index contributed by atoms with van der Waals surface area (Å²) in [6, 6.07) is 20.0. The van der Waals surface area contributed by atoms with Gasteiger partial charge in [-0.25, -0.2) is 0 Å². The average molecular weight is 560 g/mol. The van der Waals surface area contributed by atoms with Gasteiger partial charge in [0.15, 0.2) is 5.75 Å². The molecule has 0 fully saturated rings. The molecule has 3 atom stereocenters. The van der Waals surface area contributed by atoms with E-state index in [9.17, 15) is 14.7 Å². The summed E-state index contributed by atoms with van der Waals surface area (Å²) in [4.78, 5) is 32.1. The highest BCUT2D eigenvalue weighted by molar-refractivity contribution is 6.05. The number of fused-ring (bicyclic) bond motifs is 1. The Morgan fingerprint density at radius 3 is 2.46 bits per heavy atom. The van der Waals surface area contributed by atoms with E-state index in [0.717, 1.165) is 11.3 Å². The van der Waals surface area contributed by atoms with Crippen LogP contribution >= 0.6 is 0 Å². The number of anilines is 3. The molecule has 1 aliphatic heterocycles. The van der Waals surface area contributed by atoms with Crippen LogP contribution in [0.4, 0.5) is 17.1 Å². The van der Waals surface area contributed by atoms with E-state index in [4.69, 9.17) is 10.5 Å². The van der Waals surface area contributed by atoms with Crippen molar-refractivity contribution in [3.8, 4) is 5.75 Å². The molecule has 9 heteroatoms. The Hall–Kier alpha value is -4.08. The molecule has 0 spiro atoms. The molecule has 0 bridgehead atoms. The SMILES string of the molecule is C[C@@H]1CN([C@@H](C)CO)C(=O)c2cccc(N(C)C)c2O[C@H]1CN(C)Cc1ccc(C(=O)Nc2ccccc2N)cc1. The van der Waals surface area contributed by atoms with Crippen LogP contribution in [-0.2, 0) is 6.54 Å². The van der Waals surface area contributed by atoms with E-state index in [-0.39, 0.29) is 36.5 Å². The zero-order valence-corrected chi connectivity index (χ0v) is 24.5. The largest absolute Gasteiger partial charge is 0.486 e. The molecule has 4 N–H and O–H groups in total. The number of nitrogens with two attached hydrogens (primary N) is 1. The second kappa shape index (κ2) is 13.1. The maximum absolute atomic E-state index is 13.5. The van der Waals surface area contributed by atoms with E-state index in [1.165, 1.54) is 0 Å². The Bertz CT molecular complexity index is 1360. The van der Waals surface area contributed by atoms with E-state index >= 15 is 0 Å². The van der Waals surface area contributed by atoms with Gasteiger partial charge in [-0.05, 0) is 55.9 Å². The van der Waals surface area contributed by atoms with E-state index < -0.39 is 0 Å².